The molecule has 7 heteroatoms. The zero-order valence-electron chi connectivity index (χ0n) is 13.3. The van der Waals surface area contributed by atoms with Gasteiger partial charge in [-0.3, -0.25) is 9.59 Å². The summed E-state index contributed by atoms with van der Waals surface area (Å²) in [5, 5.41) is 11.6. The van der Waals surface area contributed by atoms with E-state index in [2.05, 4.69) is 5.32 Å². The Balaban J connectivity index is 1.96. The minimum atomic E-state index is -1.08. The second-order valence-corrected chi connectivity index (χ2v) is 5.43. The minimum Gasteiger partial charge on any atom is -0.491 e. The van der Waals surface area contributed by atoms with Gasteiger partial charge in [-0.1, -0.05) is 6.07 Å². The molecule has 128 valence electrons. The summed E-state index contributed by atoms with van der Waals surface area (Å²) in [7, 11) is 0. The number of nitrogens with one attached hydrogen (secondary N) is 1. The first kappa shape index (κ1) is 17.5. The number of aryl methyl sites for hydroxylation is 1. The molecule has 0 radical (unpaired) electrons. The molecule has 1 aromatic heterocycles. The van der Waals surface area contributed by atoms with Crippen LogP contribution in [-0.2, 0) is 11.2 Å². The number of ether oxygens (including phenoxy) is 1. The largest absolute Gasteiger partial charge is 0.491 e. The van der Waals surface area contributed by atoms with Gasteiger partial charge in [0.2, 0.25) is 0 Å². The zero-order chi connectivity index (χ0) is 17.7. The van der Waals surface area contributed by atoms with E-state index in [1.165, 1.54) is 24.5 Å². The Labute approximate surface area is 138 Å². The van der Waals surface area contributed by atoms with Crippen molar-refractivity contribution < 1.29 is 28.2 Å². The number of hydrogen-bond donors (Lipinski definition) is 2. The number of carboxylic acids is 1. The molecule has 0 aliphatic rings. The summed E-state index contributed by atoms with van der Waals surface area (Å²) >= 11 is 0. The van der Waals surface area contributed by atoms with Gasteiger partial charge < -0.3 is 19.6 Å². The van der Waals surface area contributed by atoms with Crippen molar-refractivity contribution in [1.82, 2.24) is 5.32 Å². The van der Waals surface area contributed by atoms with E-state index in [0.29, 0.717) is 11.3 Å². The average molecular weight is 335 g/mol. The highest BCUT2D eigenvalue weighted by atomic mass is 19.1. The van der Waals surface area contributed by atoms with Crippen molar-refractivity contribution in [1.29, 1.82) is 0 Å². The summed E-state index contributed by atoms with van der Waals surface area (Å²) < 4.78 is 23.6. The lowest BCUT2D eigenvalue weighted by molar-refractivity contribution is -0.136. The van der Waals surface area contributed by atoms with E-state index in [1.807, 2.05) is 0 Å². The van der Waals surface area contributed by atoms with Crippen LogP contribution in [0.25, 0.3) is 0 Å². The lowest BCUT2D eigenvalue weighted by Gasteiger charge is -2.15. The Morgan fingerprint density at radius 3 is 2.83 bits per heavy atom. The first-order valence-corrected chi connectivity index (χ1v) is 7.34. The van der Waals surface area contributed by atoms with Gasteiger partial charge in [0.25, 0.3) is 5.91 Å². The first-order valence-electron chi connectivity index (χ1n) is 7.34. The molecule has 0 spiro atoms. The SMILES string of the molecule is Cc1coc(CC(=O)O)c1C(=O)NC(C)COc1cccc(F)c1. The van der Waals surface area contributed by atoms with Crippen LogP contribution in [0.5, 0.6) is 5.75 Å². The van der Waals surface area contributed by atoms with E-state index in [0.717, 1.165) is 0 Å². The molecule has 2 rings (SSSR count). The number of furan rings is 1. The van der Waals surface area contributed by atoms with Crippen molar-refractivity contribution >= 4 is 11.9 Å². The van der Waals surface area contributed by atoms with Crippen molar-refractivity contribution in [2.75, 3.05) is 6.61 Å². The predicted molar refractivity (Wildman–Crippen MR) is 83.6 cm³/mol. The Morgan fingerprint density at radius 1 is 1.42 bits per heavy atom. The fourth-order valence-corrected chi connectivity index (χ4v) is 2.19. The van der Waals surface area contributed by atoms with E-state index in [1.54, 1.807) is 19.9 Å². The molecule has 24 heavy (non-hydrogen) atoms. The van der Waals surface area contributed by atoms with Gasteiger partial charge in [0.05, 0.1) is 17.9 Å². The number of carboxylic acid groups (broad SMARTS) is 1. The third kappa shape index (κ3) is 4.58. The van der Waals surface area contributed by atoms with Crippen LogP contribution in [0.15, 0.2) is 34.9 Å². The van der Waals surface area contributed by atoms with Crippen LogP contribution in [0.3, 0.4) is 0 Å². The highest BCUT2D eigenvalue weighted by molar-refractivity contribution is 5.97. The molecular formula is C17H18FNO5. The zero-order valence-corrected chi connectivity index (χ0v) is 13.3. The highest BCUT2D eigenvalue weighted by Crippen LogP contribution is 2.18. The van der Waals surface area contributed by atoms with Crippen molar-refractivity contribution in [3.8, 4) is 5.75 Å². The van der Waals surface area contributed by atoms with E-state index >= 15 is 0 Å². The summed E-state index contributed by atoms with van der Waals surface area (Å²) in [6, 6.07) is 5.33. The Bertz CT molecular complexity index is 740. The molecule has 1 unspecified atom stereocenters. The third-order valence-corrected chi connectivity index (χ3v) is 3.26. The van der Waals surface area contributed by atoms with Crippen LogP contribution in [0.1, 0.15) is 28.6 Å². The fraction of sp³-hybridized carbons (Fsp3) is 0.294. The topological polar surface area (TPSA) is 88.8 Å². The lowest BCUT2D eigenvalue weighted by Crippen LogP contribution is -2.37. The Hall–Kier alpha value is -2.83. The van der Waals surface area contributed by atoms with Crippen molar-refractivity contribution in [3.63, 3.8) is 0 Å². The van der Waals surface area contributed by atoms with Crippen LogP contribution in [0, 0.1) is 12.7 Å². The van der Waals surface area contributed by atoms with Gasteiger partial charge in [0.1, 0.15) is 30.4 Å². The highest BCUT2D eigenvalue weighted by Gasteiger charge is 2.21. The van der Waals surface area contributed by atoms with Crippen LogP contribution in [-0.4, -0.2) is 29.6 Å². The van der Waals surface area contributed by atoms with Crippen molar-refractivity contribution in [2.45, 2.75) is 26.3 Å². The second-order valence-electron chi connectivity index (χ2n) is 5.43. The lowest BCUT2D eigenvalue weighted by atomic mass is 10.1. The molecule has 1 aromatic carbocycles. The van der Waals surface area contributed by atoms with Crippen LogP contribution < -0.4 is 10.1 Å². The van der Waals surface area contributed by atoms with E-state index in [4.69, 9.17) is 14.3 Å². The fourth-order valence-electron chi connectivity index (χ4n) is 2.19. The molecule has 0 saturated carbocycles. The maximum absolute atomic E-state index is 13.1. The number of carbonyl (C=O) groups is 2. The minimum absolute atomic E-state index is 0.107. The van der Waals surface area contributed by atoms with E-state index in [-0.39, 0.29) is 30.4 Å². The number of benzene rings is 1. The number of rotatable bonds is 7. The number of amides is 1. The van der Waals surface area contributed by atoms with E-state index < -0.39 is 17.7 Å². The third-order valence-electron chi connectivity index (χ3n) is 3.26. The monoisotopic (exact) mass is 335 g/mol. The molecule has 0 saturated heterocycles. The number of hydrogen-bond acceptors (Lipinski definition) is 4. The molecular weight excluding hydrogens is 317 g/mol. The molecule has 0 aliphatic carbocycles. The van der Waals surface area contributed by atoms with Crippen LogP contribution >= 0.6 is 0 Å². The van der Waals surface area contributed by atoms with Crippen molar-refractivity contribution in [3.05, 3.63) is 53.2 Å². The molecule has 1 amide bonds. The second kappa shape index (κ2) is 7.63. The first-order chi connectivity index (χ1) is 11.4. The van der Waals surface area contributed by atoms with Crippen LogP contribution in [0.2, 0.25) is 0 Å². The average Bonchev–Trinajstić information content (AvgIpc) is 2.85. The van der Waals surface area contributed by atoms with Crippen LogP contribution in [0.4, 0.5) is 4.39 Å². The maximum Gasteiger partial charge on any atom is 0.311 e. The molecule has 6 nitrogen and oxygen atoms in total. The molecule has 2 aromatic rings. The molecule has 0 aliphatic heterocycles. The van der Waals surface area contributed by atoms with Gasteiger partial charge in [0.15, 0.2) is 0 Å². The number of aliphatic carboxylic acids is 1. The standard InChI is InChI=1S/C17H18FNO5/c1-10-8-24-14(7-15(20)21)16(10)17(22)19-11(2)9-23-13-5-3-4-12(18)6-13/h3-6,8,11H,7,9H2,1-2H3,(H,19,22)(H,20,21). The van der Waals surface area contributed by atoms with E-state index in [9.17, 15) is 14.0 Å². The molecule has 0 bridgehead atoms. The quantitative estimate of drug-likeness (QED) is 0.812. The summed E-state index contributed by atoms with van der Waals surface area (Å²) in [6.45, 7) is 3.53. The van der Waals surface area contributed by atoms with Crippen molar-refractivity contribution in [2.24, 2.45) is 0 Å². The Morgan fingerprint density at radius 2 is 2.17 bits per heavy atom. The normalized spacial score (nSPS) is 11.8. The maximum atomic E-state index is 13.1. The molecule has 1 atom stereocenters. The van der Waals surface area contributed by atoms with Gasteiger partial charge in [0, 0.05) is 11.6 Å². The summed E-state index contributed by atoms with van der Waals surface area (Å²) in [6.07, 6.45) is 0.978. The predicted octanol–water partition coefficient (Wildman–Crippen LogP) is 2.55. The summed E-state index contributed by atoms with van der Waals surface area (Å²) in [5.41, 5.74) is 0.775. The van der Waals surface area contributed by atoms with Gasteiger partial charge in [-0.25, -0.2) is 4.39 Å². The summed E-state index contributed by atoms with van der Waals surface area (Å²) in [5.74, 6) is -1.46. The van der Waals surface area contributed by atoms with Gasteiger partial charge >= 0.3 is 5.97 Å². The van der Waals surface area contributed by atoms with Gasteiger partial charge in [-0.2, -0.15) is 0 Å². The smallest absolute Gasteiger partial charge is 0.311 e. The molecule has 1 heterocycles. The number of carbonyl (C=O) groups excluding carboxylic acids is 1. The molecule has 2 N–H and O–H groups in total. The van der Waals surface area contributed by atoms with Gasteiger partial charge in [-0.05, 0) is 26.0 Å². The number of halogens is 1. The molecule has 0 fully saturated rings. The van der Waals surface area contributed by atoms with Gasteiger partial charge in [-0.15, -0.1) is 0 Å². The summed E-state index contributed by atoms with van der Waals surface area (Å²) in [4.78, 5) is 23.1. The Kier molecular flexibility index (Phi) is 5.57.